The van der Waals surface area contributed by atoms with E-state index in [0.717, 1.165) is 44.9 Å². The van der Waals surface area contributed by atoms with E-state index in [-0.39, 0.29) is 44.8 Å². The van der Waals surface area contributed by atoms with E-state index in [1.807, 2.05) is 12.2 Å². The van der Waals surface area contributed by atoms with E-state index >= 15 is 0 Å². The molecule has 0 aromatic carbocycles. The van der Waals surface area contributed by atoms with Crippen molar-refractivity contribution < 1.29 is 42.3 Å². The number of phosphoric acid groups is 1. The predicted octanol–water partition coefficient (Wildman–Crippen LogP) is 11.3. The van der Waals surface area contributed by atoms with Crippen LogP contribution in [0.25, 0.3) is 0 Å². The van der Waals surface area contributed by atoms with Crippen molar-refractivity contribution in [2.24, 2.45) is 5.73 Å². The van der Waals surface area contributed by atoms with E-state index in [9.17, 15) is 19.0 Å². The number of epoxide rings is 1. The molecule has 10 nitrogen and oxygen atoms in total. The Bertz CT molecular complexity index is 1210. The lowest BCUT2D eigenvalue weighted by Crippen LogP contribution is -2.29. The Kier molecular flexibility index (Phi) is 33.7. The molecule has 0 aromatic rings. The molecule has 11 heteroatoms. The molecule has 0 amide bonds. The average molecular weight is 806 g/mol. The summed E-state index contributed by atoms with van der Waals surface area (Å²) in [7, 11) is -4.41. The van der Waals surface area contributed by atoms with Crippen molar-refractivity contribution in [2.45, 2.75) is 173 Å². The van der Waals surface area contributed by atoms with Crippen LogP contribution in [-0.2, 0) is 37.4 Å². The fraction of sp³-hybridized carbons (Fsp3) is 0.689. The fourth-order valence-corrected chi connectivity index (χ4v) is 6.39. The van der Waals surface area contributed by atoms with Gasteiger partial charge in [0.2, 0.25) is 0 Å². The van der Waals surface area contributed by atoms with Crippen LogP contribution in [0.1, 0.15) is 155 Å². The van der Waals surface area contributed by atoms with Gasteiger partial charge < -0.3 is 24.8 Å². The van der Waals surface area contributed by atoms with Gasteiger partial charge in [0.1, 0.15) is 6.61 Å². The first-order valence-electron chi connectivity index (χ1n) is 21.5. The van der Waals surface area contributed by atoms with Gasteiger partial charge in [-0.1, -0.05) is 132 Å². The molecule has 0 bridgehead atoms. The molecule has 0 spiro atoms. The summed E-state index contributed by atoms with van der Waals surface area (Å²) in [5.74, 6) is -0.970. The Morgan fingerprint density at radius 1 is 0.625 bits per heavy atom. The Hall–Kier alpha value is -2.59. The van der Waals surface area contributed by atoms with Crippen LogP contribution in [0.2, 0.25) is 0 Å². The number of rotatable bonds is 38. The quantitative estimate of drug-likeness (QED) is 0.0203. The van der Waals surface area contributed by atoms with Crippen molar-refractivity contribution in [2.75, 3.05) is 26.4 Å². The van der Waals surface area contributed by atoms with Gasteiger partial charge in [-0.15, -0.1) is 0 Å². The standard InChI is InChI=1S/C45H76NO9P/c1-3-5-7-9-11-13-14-15-16-17-18-19-20-22-24-26-32-36-45(48)54-41(40-53-56(49,50)52-38-37-46)39-51-44(47)35-31-28-27-30-34-43-42(55-43)33-29-25-23-21-12-10-8-6-4-2/h12,15-16,18-19,21-22,24-25,27,29-30,41-43H,3-11,13-14,17,20,23,26,28,31-40,46H2,1-2H3,(H,49,50)/b16-15-,19-18-,21-12-,24-22-,29-25-,30-27-/t41-,42?,43?/m1/s1. The molecule has 0 radical (unpaired) electrons. The number of ether oxygens (including phenoxy) is 3. The number of allylic oxidation sites excluding steroid dienone is 10. The number of nitrogens with two attached hydrogens (primary N) is 1. The minimum atomic E-state index is -4.41. The summed E-state index contributed by atoms with van der Waals surface area (Å²) in [6.07, 6.45) is 46.8. The summed E-state index contributed by atoms with van der Waals surface area (Å²) < 4.78 is 38.4. The van der Waals surface area contributed by atoms with Gasteiger partial charge in [-0.25, -0.2) is 4.57 Å². The van der Waals surface area contributed by atoms with Crippen molar-refractivity contribution >= 4 is 19.8 Å². The number of carbonyl (C=O) groups is 2. The third-order valence-corrected chi connectivity index (χ3v) is 9.95. The van der Waals surface area contributed by atoms with Gasteiger partial charge in [0.15, 0.2) is 6.10 Å². The van der Waals surface area contributed by atoms with Gasteiger partial charge in [-0.2, -0.15) is 0 Å². The van der Waals surface area contributed by atoms with Crippen molar-refractivity contribution in [1.29, 1.82) is 0 Å². The molecule has 1 aliphatic rings. The van der Waals surface area contributed by atoms with E-state index < -0.39 is 32.5 Å². The zero-order chi connectivity index (χ0) is 40.8. The Morgan fingerprint density at radius 3 is 1.70 bits per heavy atom. The number of hydrogen-bond acceptors (Lipinski definition) is 9. The molecule has 1 heterocycles. The Balaban J connectivity index is 2.28. The number of carbonyl (C=O) groups excluding carboxylic acids is 2. The van der Waals surface area contributed by atoms with E-state index in [1.165, 1.54) is 57.8 Å². The van der Waals surface area contributed by atoms with Crippen LogP contribution in [0.3, 0.4) is 0 Å². The first-order valence-corrected chi connectivity index (χ1v) is 23.0. The van der Waals surface area contributed by atoms with Gasteiger partial charge in [0.25, 0.3) is 0 Å². The molecule has 1 fully saturated rings. The molecule has 320 valence electrons. The summed E-state index contributed by atoms with van der Waals surface area (Å²) in [4.78, 5) is 34.9. The maximum Gasteiger partial charge on any atom is 0.472 e. The van der Waals surface area contributed by atoms with Gasteiger partial charge in [0, 0.05) is 19.4 Å². The number of unbranched alkanes of at least 4 members (excludes halogenated alkanes) is 11. The largest absolute Gasteiger partial charge is 0.472 e. The molecule has 0 aliphatic carbocycles. The van der Waals surface area contributed by atoms with E-state index in [1.54, 1.807) is 0 Å². The van der Waals surface area contributed by atoms with Crippen molar-refractivity contribution in [3.63, 3.8) is 0 Å². The molecule has 0 saturated carbocycles. The van der Waals surface area contributed by atoms with Crippen molar-refractivity contribution in [1.82, 2.24) is 0 Å². The van der Waals surface area contributed by atoms with Crippen LogP contribution in [-0.4, -0.2) is 61.5 Å². The van der Waals surface area contributed by atoms with E-state index in [0.29, 0.717) is 25.7 Å². The van der Waals surface area contributed by atoms with Gasteiger partial charge in [-0.3, -0.25) is 18.6 Å². The molecule has 1 rings (SSSR count). The highest BCUT2D eigenvalue weighted by atomic mass is 31.2. The predicted molar refractivity (Wildman–Crippen MR) is 228 cm³/mol. The highest BCUT2D eigenvalue weighted by Crippen LogP contribution is 2.43. The zero-order valence-corrected chi connectivity index (χ0v) is 35.7. The van der Waals surface area contributed by atoms with Crippen molar-refractivity contribution in [3.05, 3.63) is 72.9 Å². The monoisotopic (exact) mass is 806 g/mol. The summed E-state index contributed by atoms with van der Waals surface area (Å²) in [5.41, 5.74) is 5.34. The second-order valence-electron chi connectivity index (χ2n) is 14.2. The molecule has 0 aromatic heterocycles. The SMILES string of the molecule is CCCCC/C=C\C/C=C\CC1OC1C/C=C\CCCC(=O)OC[C@H](COP(=O)(O)OCCN)OC(=O)CCC/C=C\C/C=C\C/C=C\CCCCCCCC. The lowest BCUT2D eigenvalue weighted by molar-refractivity contribution is -0.161. The van der Waals surface area contributed by atoms with Crippen LogP contribution in [0.5, 0.6) is 0 Å². The second kappa shape index (κ2) is 36.7. The Labute approximate surface area is 339 Å². The molecule has 56 heavy (non-hydrogen) atoms. The van der Waals surface area contributed by atoms with Gasteiger partial charge in [0.05, 0.1) is 25.4 Å². The normalized spacial score (nSPS) is 17.6. The first kappa shape index (κ1) is 51.4. The summed E-state index contributed by atoms with van der Waals surface area (Å²) in [5, 5.41) is 0. The van der Waals surface area contributed by atoms with E-state index in [2.05, 4.69) is 74.6 Å². The number of phosphoric ester groups is 1. The average Bonchev–Trinajstić information content (AvgIpc) is 3.94. The van der Waals surface area contributed by atoms with Crippen LogP contribution >= 0.6 is 7.82 Å². The lowest BCUT2D eigenvalue weighted by Gasteiger charge is -2.19. The van der Waals surface area contributed by atoms with Crippen molar-refractivity contribution in [3.8, 4) is 0 Å². The summed E-state index contributed by atoms with van der Waals surface area (Å²) >= 11 is 0. The van der Waals surface area contributed by atoms with Gasteiger partial charge in [-0.05, 0) is 83.5 Å². The van der Waals surface area contributed by atoms with Crippen LogP contribution in [0, 0.1) is 0 Å². The lowest BCUT2D eigenvalue weighted by atomic mass is 10.1. The fourth-order valence-electron chi connectivity index (χ4n) is 5.62. The molecular formula is C45H76NO9P. The minimum absolute atomic E-state index is 0.0323. The maximum atomic E-state index is 12.6. The second-order valence-corrected chi connectivity index (χ2v) is 15.7. The molecular weight excluding hydrogens is 729 g/mol. The van der Waals surface area contributed by atoms with Crippen LogP contribution < -0.4 is 5.73 Å². The molecule has 3 N–H and O–H groups in total. The molecule has 4 atom stereocenters. The Morgan fingerprint density at radius 2 is 1.09 bits per heavy atom. The first-order chi connectivity index (χ1) is 27.3. The third kappa shape index (κ3) is 33.5. The highest BCUT2D eigenvalue weighted by Gasteiger charge is 2.36. The number of hydrogen-bond donors (Lipinski definition) is 2. The molecule has 1 saturated heterocycles. The van der Waals surface area contributed by atoms with Gasteiger partial charge >= 0.3 is 19.8 Å². The molecule has 1 aliphatic heterocycles. The molecule has 3 unspecified atom stereocenters. The van der Waals surface area contributed by atoms with Crippen LogP contribution in [0.4, 0.5) is 0 Å². The maximum absolute atomic E-state index is 12.6. The highest BCUT2D eigenvalue weighted by molar-refractivity contribution is 7.47. The third-order valence-electron chi connectivity index (χ3n) is 8.97. The topological polar surface area (TPSA) is 147 Å². The van der Waals surface area contributed by atoms with Crippen LogP contribution in [0.15, 0.2) is 72.9 Å². The number of esters is 2. The van der Waals surface area contributed by atoms with E-state index in [4.69, 9.17) is 29.0 Å². The summed E-state index contributed by atoms with van der Waals surface area (Å²) in [6, 6.07) is 0. The summed E-state index contributed by atoms with van der Waals surface area (Å²) in [6.45, 7) is 3.54. The zero-order valence-electron chi connectivity index (χ0n) is 34.8. The smallest absolute Gasteiger partial charge is 0.462 e. The minimum Gasteiger partial charge on any atom is -0.462 e.